The van der Waals surface area contributed by atoms with E-state index in [2.05, 4.69) is 10.4 Å². The quantitative estimate of drug-likeness (QED) is 0.501. The van der Waals surface area contributed by atoms with Crippen LogP contribution in [0.25, 0.3) is 17.0 Å². The van der Waals surface area contributed by atoms with Gasteiger partial charge in [0.1, 0.15) is 0 Å². The number of aromatic nitrogens is 2. The fourth-order valence-electron chi connectivity index (χ4n) is 4.26. The lowest BCUT2D eigenvalue weighted by Gasteiger charge is -2.22. The summed E-state index contributed by atoms with van der Waals surface area (Å²) in [6.07, 6.45) is -2.26. The molecule has 182 valence electrons. The third-order valence-electron chi connectivity index (χ3n) is 5.97. The molecule has 2 N–H and O–H groups in total. The van der Waals surface area contributed by atoms with Gasteiger partial charge in [-0.2, -0.15) is 18.3 Å². The SMILES string of the molecule is O=C1SC(=Cc2ccc3c(cnn3Cc3ccc(Cl)cc3C(F)(F)F)c2)C(=O)N1C1CNC[C@H]1O. The van der Waals surface area contributed by atoms with Crippen molar-refractivity contribution in [2.24, 2.45) is 0 Å². The molecule has 1 unspecified atom stereocenters. The fourth-order valence-corrected chi connectivity index (χ4v) is 5.32. The van der Waals surface area contributed by atoms with Gasteiger partial charge in [0.05, 0.1) is 40.9 Å². The van der Waals surface area contributed by atoms with Crippen molar-refractivity contribution >= 4 is 51.5 Å². The highest BCUT2D eigenvalue weighted by Gasteiger charge is 2.44. The Hall–Kier alpha value is -2.86. The number of nitrogens with one attached hydrogen (secondary N) is 1. The van der Waals surface area contributed by atoms with Crippen molar-refractivity contribution in [3.05, 3.63) is 69.2 Å². The number of alkyl halides is 3. The van der Waals surface area contributed by atoms with Crippen LogP contribution in [-0.4, -0.2) is 56.2 Å². The highest BCUT2D eigenvalue weighted by Crippen LogP contribution is 2.36. The molecule has 3 aromatic rings. The average molecular weight is 523 g/mol. The average Bonchev–Trinajstić information content (AvgIpc) is 3.46. The maximum absolute atomic E-state index is 13.5. The summed E-state index contributed by atoms with van der Waals surface area (Å²) in [5, 5.41) is 17.5. The first kappa shape index (κ1) is 23.9. The van der Waals surface area contributed by atoms with Crippen LogP contribution in [0.5, 0.6) is 0 Å². The van der Waals surface area contributed by atoms with Gasteiger partial charge in [0.15, 0.2) is 0 Å². The molecule has 2 fully saturated rings. The Labute approximate surface area is 206 Å². The Balaban J connectivity index is 1.41. The van der Waals surface area contributed by atoms with Crippen LogP contribution in [-0.2, 0) is 17.5 Å². The number of aliphatic hydroxyl groups excluding tert-OH is 1. The Bertz CT molecular complexity index is 1370. The Morgan fingerprint density at radius 2 is 2.00 bits per heavy atom. The molecular formula is C23H18ClF3N4O3S. The number of hydrogen-bond donors (Lipinski definition) is 2. The first-order valence-electron chi connectivity index (χ1n) is 10.6. The van der Waals surface area contributed by atoms with E-state index in [1.165, 1.54) is 23.0 Å². The van der Waals surface area contributed by atoms with Crippen LogP contribution in [0.2, 0.25) is 5.02 Å². The molecule has 0 saturated carbocycles. The highest BCUT2D eigenvalue weighted by atomic mass is 35.5. The van der Waals surface area contributed by atoms with E-state index >= 15 is 0 Å². The molecule has 0 aliphatic carbocycles. The topological polar surface area (TPSA) is 87.5 Å². The first-order chi connectivity index (χ1) is 16.6. The van der Waals surface area contributed by atoms with E-state index in [9.17, 15) is 27.9 Å². The normalized spacial score (nSPS) is 22.2. The van der Waals surface area contributed by atoms with Gasteiger partial charge in [0.2, 0.25) is 0 Å². The molecule has 0 spiro atoms. The molecule has 7 nitrogen and oxygen atoms in total. The van der Waals surface area contributed by atoms with Crippen molar-refractivity contribution in [1.82, 2.24) is 20.0 Å². The van der Waals surface area contributed by atoms with Gasteiger partial charge in [-0.05, 0) is 53.2 Å². The molecule has 1 aromatic heterocycles. The summed E-state index contributed by atoms with van der Waals surface area (Å²) in [5.41, 5.74) is 0.463. The largest absolute Gasteiger partial charge is 0.416 e. The van der Waals surface area contributed by atoms with Crippen LogP contribution in [0.4, 0.5) is 18.0 Å². The summed E-state index contributed by atoms with van der Waals surface area (Å²) in [5.74, 6) is -0.467. The number of carbonyl (C=O) groups is 2. The Morgan fingerprint density at radius 3 is 2.71 bits per heavy atom. The summed E-state index contributed by atoms with van der Waals surface area (Å²) in [7, 11) is 0. The van der Waals surface area contributed by atoms with E-state index in [1.807, 2.05) is 0 Å². The molecule has 3 heterocycles. The van der Waals surface area contributed by atoms with E-state index in [0.717, 1.165) is 22.7 Å². The number of imide groups is 1. The van der Waals surface area contributed by atoms with E-state index in [1.54, 1.807) is 24.3 Å². The number of hydrogen-bond acceptors (Lipinski definition) is 6. The van der Waals surface area contributed by atoms with Crippen molar-refractivity contribution in [2.45, 2.75) is 24.9 Å². The van der Waals surface area contributed by atoms with E-state index in [4.69, 9.17) is 11.6 Å². The second kappa shape index (κ2) is 8.98. The lowest BCUT2D eigenvalue weighted by molar-refractivity contribution is -0.138. The highest BCUT2D eigenvalue weighted by molar-refractivity contribution is 8.18. The Morgan fingerprint density at radius 1 is 1.20 bits per heavy atom. The minimum Gasteiger partial charge on any atom is -0.390 e. The van der Waals surface area contributed by atoms with Gasteiger partial charge in [0.25, 0.3) is 11.1 Å². The van der Waals surface area contributed by atoms with Gasteiger partial charge in [-0.15, -0.1) is 0 Å². The zero-order valence-electron chi connectivity index (χ0n) is 17.9. The number of rotatable bonds is 4. The molecule has 0 radical (unpaired) electrons. The number of amides is 2. The molecule has 2 saturated heterocycles. The van der Waals surface area contributed by atoms with Crippen molar-refractivity contribution in [2.75, 3.05) is 13.1 Å². The molecule has 2 aliphatic heterocycles. The van der Waals surface area contributed by atoms with Gasteiger partial charge in [-0.3, -0.25) is 19.2 Å². The fraction of sp³-hybridized carbons (Fsp3) is 0.261. The zero-order valence-corrected chi connectivity index (χ0v) is 19.5. The van der Waals surface area contributed by atoms with Crippen LogP contribution in [0, 0.1) is 0 Å². The van der Waals surface area contributed by atoms with Gasteiger partial charge >= 0.3 is 6.18 Å². The number of halogens is 4. The number of carbonyl (C=O) groups excluding carboxylic acids is 2. The number of thioether (sulfide) groups is 1. The molecule has 0 bridgehead atoms. The summed E-state index contributed by atoms with van der Waals surface area (Å²) < 4.78 is 41.8. The third-order valence-corrected chi connectivity index (χ3v) is 7.09. The number of nitrogens with zero attached hydrogens (tertiary/aromatic N) is 3. The zero-order chi connectivity index (χ0) is 24.9. The van der Waals surface area contributed by atoms with E-state index in [-0.39, 0.29) is 22.0 Å². The van der Waals surface area contributed by atoms with E-state index in [0.29, 0.717) is 29.6 Å². The second-order valence-electron chi connectivity index (χ2n) is 8.26. The van der Waals surface area contributed by atoms with Gasteiger partial charge in [-0.25, -0.2) is 0 Å². The van der Waals surface area contributed by atoms with Crippen LogP contribution in [0.1, 0.15) is 16.7 Å². The number of fused-ring (bicyclic) bond motifs is 1. The van der Waals surface area contributed by atoms with E-state index < -0.39 is 35.0 Å². The van der Waals surface area contributed by atoms with Crippen LogP contribution in [0.15, 0.2) is 47.5 Å². The third kappa shape index (κ3) is 4.56. The van der Waals surface area contributed by atoms with Crippen LogP contribution in [0.3, 0.4) is 0 Å². The predicted molar refractivity (Wildman–Crippen MR) is 126 cm³/mol. The standard InChI is InChI=1S/C23H18ClF3N4O3S/c24-15-3-2-13(16(7-15)23(25,26)27)11-30-17-4-1-12(5-14(17)8-29-30)6-20-21(33)31(22(34)35-20)18-9-28-10-19(18)32/h1-8,18-19,28,32H,9-11H2/t18?,19-/m1/s1. The summed E-state index contributed by atoms with van der Waals surface area (Å²) in [6.45, 7) is 0.541. The molecule has 2 atom stereocenters. The van der Waals surface area contributed by atoms with Gasteiger partial charge < -0.3 is 10.4 Å². The monoisotopic (exact) mass is 522 g/mol. The summed E-state index contributed by atoms with van der Waals surface area (Å²) in [6, 6.07) is 8.17. The van der Waals surface area contributed by atoms with Gasteiger partial charge in [0, 0.05) is 23.5 Å². The molecular weight excluding hydrogens is 505 g/mol. The Kier molecular flexibility index (Phi) is 6.12. The number of aliphatic hydroxyl groups is 1. The summed E-state index contributed by atoms with van der Waals surface area (Å²) >= 11 is 6.57. The lowest BCUT2D eigenvalue weighted by Crippen LogP contribution is -2.45. The second-order valence-corrected chi connectivity index (χ2v) is 9.69. The molecule has 2 aliphatic rings. The maximum Gasteiger partial charge on any atom is 0.416 e. The minimum absolute atomic E-state index is 0.000780. The molecule has 5 rings (SSSR count). The molecule has 12 heteroatoms. The van der Waals surface area contributed by atoms with Crippen LogP contribution < -0.4 is 5.32 Å². The molecule has 35 heavy (non-hydrogen) atoms. The van der Waals surface area contributed by atoms with Crippen molar-refractivity contribution in [3.63, 3.8) is 0 Å². The van der Waals surface area contributed by atoms with Crippen molar-refractivity contribution in [3.8, 4) is 0 Å². The predicted octanol–water partition coefficient (Wildman–Crippen LogP) is 4.13. The maximum atomic E-state index is 13.5. The molecule has 2 amide bonds. The van der Waals surface area contributed by atoms with Gasteiger partial charge in [-0.1, -0.05) is 23.7 Å². The van der Waals surface area contributed by atoms with Crippen LogP contribution >= 0.6 is 23.4 Å². The first-order valence-corrected chi connectivity index (χ1v) is 11.8. The number of benzene rings is 2. The lowest BCUT2D eigenvalue weighted by atomic mass is 10.1. The summed E-state index contributed by atoms with van der Waals surface area (Å²) in [4.78, 5) is 26.6. The number of β-amino-alcohol motifs (C(OH)–C–C–N with tert-alkyl or cyclic N) is 1. The van der Waals surface area contributed by atoms with Crippen molar-refractivity contribution in [1.29, 1.82) is 0 Å². The van der Waals surface area contributed by atoms with Crippen molar-refractivity contribution < 1.29 is 27.9 Å². The molecule has 2 aromatic carbocycles. The minimum atomic E-state index is -4.55. The smallest absolute Gasteiger partial charge is 0.390 e.